The second-order valence-corrected chi connectivity index (χ2v) is 2.73. The number of amides is 1. The standard InChI is InChI=1S/C7H12N4O2/c1-4(8)7-11-10-6(13-7)3-9-5(2)12/h4H,3,8H2,1-2H3,(H,9,12)/t4-/m0/s1. The van der Waals surface area contributed by atoms with Crippen LogP contribution in [0.3, 0.4) is 0 Å². The third-order valence-corrected chi connectivity index (χ3v) is 1.36. The lowest BCUT2D eigenvalue weighted by atomic mass is 10.4. The number of nitrogens with two attached hydrogens (primary N) is 1. The smallest absolute Gasteiger partial charge is 0.235 e. The Kier molecular flexibility index (Phi) is 2.97. The number of nitrogens with one attached hydrogen (secondary N) is 1. The minimum atomic E-state index is -0.279. The van der Waals surface area contributed by atoms with E-state index in [1.54, 1.807) is 6.92 Å². The summed E-state index contributed by atoms with van der Waals surface area (Å²) in [5.74, 6) is 0.600. The fourth-order valence-electron chi connectivity index (χ4n) is 0.722. The lowest BCUT2D eigenvalue weighted by Crippen LogP contribution is -2.19. The normalized spacial score (nSPS) is 12.5. The third-order valence-electron chi connectivity index (χ3n) is 1.36. The summed E-state index contributed by atoms with van der Waals surface area (Å²) in [5.41, 5.74) is 5.50. The fourth-order valence-corrected chi connectivity index (χ4v) is 0.722. The van der Waals surface area contributed by atoms with Gasteiger partial charge in [-0.15, -0.1) is 10.2 Å². The summed E-state index contributed by atoms with van der Waals surface area (Å²) in [6.45, 7) is 3.41. The molecule has 1 aromatic heterocycles. The van der Waals surface area contributed by atoms with Gasteiger partial charge >= 0.3 is 0 Å². The molecule has 1 rings (SSSR count). The Morgan fingerprint density at radius 1 is 1.69 bits per heavy atom. The van der Waals surface area contributed by atoms with E-state index in [4.69, 9.17) is 10.2 Å². The number of nitrogens with zero attached hydrogens (tertiary/aromatic N) is 2. The van der Waals surface area contributed by atoms with Gasteiger partial charge in [0, 0.05) is 6.92 Å². The Labute approximate surface area is 75.5 Å². The molecule has 0 saturated carbocycles. The van der Waals surface area contributed by atoms with Crippen LogP contribution in [0.2, 0.25) is 0 Å². The molecule has 0 spiro atoms. The Bertz CT molecular complexity index is 294. The zero-order valence-corrected chi connectivity index (χ0v) is 7.57. The predicted molar refractivity (Wildman–Crippen MR) is 44.4 cm³/mol. The highest BCUT2D eigenvalue weighted by atomic mass is 16.4. The molecule has 1 aromatic rings. The van der Waals surface area contributed by atoms with Gasteiger partial charge in [0.1, 0.15) is 0 Å². The van der Waals surface area contributed by atoms with Crippen LogP contribution in [0.1, 0.15) is 31.7 Å². The van der Waals surface area contributed by atoms with Gasteiger partial charge in [0.2, 0.25) is 17.7 Å². The summed E-state index contributed by atoms with van der Waals surface area (Å²) in [7, 11) is 0. The highest BCUT2D eigenvalue weighted by Gasteiger charge is 2.09. The van der Waals surface area contributed by atoms with Gasteiger partial charge in [-0.3, -0.25) is 4.79 Å². The topological polar surface area (TPSA) is 94.0 Å². The number of carbonyl (C=O) groups is 1. The first-order chi connectivity index (χ1) is 6.09. The van der Waals surface area contributed by atoms with Crippen LogP contribution in [-0.2, 0) is 11.3 Å². The lowest BCUT2D eigenvalue weighted by Gasteiger charge is -1.96. The highest BCUT2D eigenvalue weighted by molar-refractivity contribution is 5.72. The van der Waals surface area contributed by atoms with Crippen molar-refractivity contribution in [1.82, 2.24) is 15.5 Å². The van der Waals surface area contributed by atoms with Gasteiger partial charge in [-0.25, -0.2) is 0 Å². The van der Waals surface area contributed by atoms with Gasteiger partial charge < -0.3 is 15.5 Å². The van der Waals surface area contributed by atoms with Crippen LogP contribution < -0.4 is 11.1 Å². The van der Waals surface area contributed by atoms with Crippen LogP contribution in [0.5, 0.6) is 0 Å². The number of rotatable bonds is 3. The third kappa shape index (κ3) is 2.83. The van der Waals surface area contributed by atoms with Gasteiger partial charge in [0.05, 0.1) is 12.6 Å². The molecule has 0 aliphatic heterocycles. The molecule has 0 saturated heterocycles. The maximum absolute atomic E-state index is 10.5. The average molecular weight is 184 g/mol. The van der Waals surface area contributed by atoms with Crippen molar-refractivity contribution in [2.75, 3.05) is 0 Å². The Balaban J connectivity index is 2.54. The molecule has 13 heavy (non-hydrogen) atoms. The second-order valence-electron chi connectivity index (χ2n) is 2.73. The number of carbonyl (C=O) groups excluding carboxylic acids is 1. The second kappa shape index (κ2) is 3.99. The molecule has 1 heterocycles. The number of aromatic nitrogens is 2. The Morgan fingerprint density at radius 3 is 2.85 bits per heavy atom. The van der Waals surface area contributed by atoms with Gasteiger partial charge in [0.25, 0.3) is 0 Å². The Morgan fingerprint density at radius 2 is 2.38 bits per heavy atom. The van der Waals surface area contributed by atoms with E-state index in [-0.39, 0.29) is 18.5 Å². The monoisotopic (exact) mass is 184 g/mol. The maximum atomic E-state index is 10.5. The molecule has 0 bridgehead atoms. The summed E-state index contributed by atoms with van der Waals surface area (Å²) >= 11 is 0. The van der Waals surface area contributed by atoms with Crippen molar-refractivity contribution in [2.45, 2.75) is 26.4 Å². The van der Waals surface area contributed by atoms with E-state index in [1.165, 1.54) is 6.92 Å². The van der Waals surface area contributed by atoms with E-state index in [0.29, 0.717) is 11.8 Å². The van der Waals surface area contributed by atoms with Crippen molar-refractivity contribution in [3.63, 3.8) is 0 Å². The molecular formula is C7H12N4O2. The van der Waals surface area contributed by atoms with Crippen molar-refractivity contribution >= 4 is 5.91 Å². The molecule has 0 radical (unpaired) electrons. The van der Waals surface area contributed by atoms with Crippen LogP contribution in [-0.4, -0.2) is 16.1 Å². The molecule has 6 heteroatoms. The predicted octanol–water partition coefficient (Wildman–Crippen LogP) is -0.275. The summed E-state index contributed by atoms with van der Waals surface area (Å²) in [5, 5.41) is 9.94. The number of hydrogen-bond acceptors (Lipinski definition) is 5. The summed E-state index contributed by atoms with van der Waals surface area (Å²) in [6.07, 6.45) is 0. The molecule has 0 fully saturated rings. The van der Waals surface area contributed by atoms with E-state index >= 15 is 0 Å². The van der Waals surface area contributed by atoms with Gasteiger partial charge in [-0.2, -0.15) is 0 Å². The molecule has 1 atom stereocenters. The minimum Gasteiger partial charge on any atom is -0.422 e. The lowest BCUT2D eigenvalue weighted by molar-refractivity contribution is -0.119. The first-order valence-electron chi connectivity index (χ1n) is 3.92. The van der Waals surface area contributed by atoms with E-state index in [0.717, 1.165) is 0 Å². The molecule has 0 aromatic carbocycles. The van der Waals surface area contributed by atoms with Gasteiger partial charge in [-0.05, 0) is 6.92 Å². The first-order valence-corrected chi connectivity index (χ1v) is 3.92. The van der Waals surface area contributed by atoms with Crippen LogP contribution >= 0.6 is 0 Å². The minimum absolute atomic E-state index is 0.138. The quantitative estimate of drug-likeness (QED) is 0.674. The zero-order valence-electron chi connectivity index (χ0n) is 7.57. The van der Waals surface area contributed by atoms with Crippen LogP contribution in [0.4, 0.5) is 0 Å². The average Bonchev–Trinajstić information content (AvgIpc) is 2.48. The SMILES string of the molecule is CC(=O)NCc1nnc([C@H](C)N)o1. The van der Waals surface area contributed by atoms with E-state index in [2.05, 4.69) is 15.5 Å². The van der Waals surface area contributed by atoms with Crippen molar-refractivity contribution < 1.29 is 9.21 Å². The fraction of sp³-hybridized carbons (Fsp3) is 0.571. The molecule has 3 N–H and O–H groups in total. The van der Waals surface area contributed by atoms with Crippen molar-refractivity contribution in [3.8, 4) is 0 Å². The maximum Gasteiger partial charge on any atom is 0.235 e. The van der Waals surface area contributed by atoms with E-state index in [9.17, 15) is 4.79 Å². The molecular weight excluding hydrogens is 172 g/mol. The van der Waals surface area contributed by atoms with Gasteiger partial charge in [0.15, 0.2) is 0 Å². The van der Waals surface area contributed by atoms with Crippen molar-refractivity contribution in [1.29, 1.82) is 0 Å². The zero-order chi connectivity index (χ0) is 9.84. The highest BCUT2D eigenvalue weighted by Crippen LogP contribution is 2.06. The van der Waals surface area contributed by atoms with Crippen LogP contribution in [0.25, 0.3) is 0 Å². The number of hydrogen-bond donors (Lipinski definition) is 2. The first kappa shape index (κ1) is 9.66. The van der Waals surface area contributed by atoms with Gasteiger partial charge in [-0.1, -0.05) is 0 Å². The molecule has 6 nitrogen and oxygen atoms in total. The van der Waals surface area contributed by atoms with E-state index in [1.807, 2.05) is 0 Å². The molecule has 1 amide bonds. The van der Waals surface area contributed by atoms with Crippen molar-refractivity contribution in [2.24, 2.45) is 5.73 Å². The molecule has 0 aliphatic rings. The largest absolute Gasteiger partial charge is 0.422 e. The van der Waals surface area contributed by atoms with E-state index < -0.39 is 0 Å². The Hall–Kier alpha value is -1.43. The summed E-state index contributed by atoms with van der Waals surface area (Å²) < 4.78 is 5.13. The van der Waals surface area contributed by atoms with Crippen LogP contribution in [0, 0.1) is 0 Å². The summed E-state index contributed by atoms with van der Waals surface area (Å²) in [4.78, 5) is 10.5. The molecule has 72 valence electrons. The van der Waals surface area contributed by atoms with Crippen LogP contribution in [0.15, 0.2) is 4.42 Å². The molecule has 0 unspecified atom stereocenters. The summed E-state index contributed by atoms with van der Waals surface area (Å²) in [6, 6.07) is -0.279. The molecule has 0 aliphatic carbocycles. The van der Waals surface area contributed by atoms with Crippen molar-refractivity contribution in [3.05, 3.63) is 11.8 Å².